The van der Waals surface area contributed by atoms with Gasteiger partial charge in [0, 0.05) is 0 Å². The summed E-state index contributed by atoms with van der Waals surface area (Å²) in [6.45, 7) is 4.23. The average molecular weight is 399 g/mol. The number of amides is 1. The van der Waals surface area contributed by atoms with Crippen LogP contribution in [0.2, 0.25) is 0 Å². The monoisotopic (exact) mass is 399 g/mol. The minimum absolute atomic E-state index is 0.179. The average Bonchev–Trinajstić information content (AvgIpc) is 3.17. The molecular formula is C19H21N5O3S. The van der Waals surface area contributed by atoms with Crippen molar-refractivity contribution in [2.45, 2.75) is 24.3 Å². The summed E-state index contributed by atoms with van der Waals surface area (Å²) in [5.74, 6) is 1.09. The third-order valence-electron chi connectivity index (χ3n) is 3.85. The van der Waals surface area contributed by atoms with Crippen LogP contribution in [0.1, 0.15) is 13.8 Å². The molecule has 1 heterocycles. The minimum atomic E-state index is -0.436. The first-order valence-corrected chi connectivity index (χ1v) is 9.63. The largest absolute Gasteiger partial charge is 0.495 e. The number of benzene rings is 2. The lowest BCUT2D eigenvalue weighted by Crippen LogP contribution is -2.23. The first kappa shape index (κ1) is 19.7. The number of hydrogen-bond donors (Lipinski definition) is 1. The van der Waals surface area contributed by atoms with E-state index in [0.717, 1.165) is 0 Å². The summed E-state index contributed by atoms with van der Waals surface area (Å²) in [4.78, 5) is 12.6. The zero-order valence-corrected chi connectivity index (χ0v) is 16.6. The van der Waals surface area contributed by atoms with Gasteiger partial charge in [-0.2, -0.15) is 4.68 Å². The Morgan fingerprint density at radius 2 is 1.89 bits per heavy atom. The molecule has 146 valence electrons. The van der Waals surface area contributed by atoms with Crippen molar-refractivity contribution in [3.63, 3.8) is 0 Å². The van der Waals surface area contributed by atoms with Crippen molar-refractivity contribution < 1.29 is 14.3 Å². The molecule has 9 heteroatoms. The van der Waals surface area contributed by atoms with Gasteiger partial charge in [-0.15, -0.1) is 5.10 Å². The van der Waals surface area contributed by atoms with Gasteiger partial charge in [0.2, 0.25) is 11.1 Å². The fourth-order valence-electron chi connectivity index (χ4n) is 2.51. The van der Waals surface area contributed by atoms with E-state index in [1.54, 1.807) is 30.8 Å². The second-order valence-corrected chi connectivity index (χ2v) is 7.03. The molecule has 2 aromatic carbocycles. The molecule has 0 radical (unpaired) electrons. The van der Waals surface area contributed by atoms with Gasteiger partial charge in [-0.25, -0.2) is 0 Å². The highest BCUT2D eigenvalue weighted by atomic mass is 32.2. The van der Waals surface area contributed by atoms with Crippen LogP contribution in [0.3, 0.4) is 0 Å². The number of methoxy groups -OCH3 is 1. The Morgan fingerprint density at radius 3 is 2.64 bits per heavy atom. The predicted molar refractivity (Wildman–Crippen MR) is 107 cm³/mol. The first-order valence-electron chi connectivity index (χ1n) is 8.75. The Balaban J connectivity index is 1.76. The Hall–Kier alpha value is -3.07. The third kappa shape index (κ3) is 4.42. The number of carbonyl (C=O) groups is 1. The van der Waals surface area contributed by atoms with Crippen molar-refractivity contribution in [1.82, 2.24) is 20.2 Å². The number of hydrogen-bond acceptors (Lipinski definition) is 7. The van der Waals surface area contributed by atoms with Crippen LogP contribution in [0.5, 0.6) is 11.5 Å². The third-order valence-corrected chi connectivity index (χ3v) is 4.88. The van der Waals surface area contributed by atoms with E-state index in [9.17, 15) is 4.79 Å². The molecule has 8 nitrogen and oxygen atoms in total. The number of tetrazole rings is 1. The maximum atomic E-state index is 12.6. The molecule has 0 aliphatic carbocycles. The van der Waals surface area contributed by atoms with Crippen LogP contribution in [-0.4, -0.2) is 45.1 Å². The Labute approximate surface area is 167 Å². The molecular weight excluding hydrogens is 378 g/mol. The highest BCUT2D eigenvalue weighted by molar-refractivity contribution is 8.00. The maximum Gasteiger partial charge on any atom is 0.237 e. The van der Waals surface area contributed by atoms with Gasteiger partial charge in [-0.05, 0) is 48.5 Å². The van der Waals surface area contributed by atoms with Crippen LogP contribution < -0.4 is 14.8 Å². The van der Waals surface area contributed by atoms with Gasteiger partial charge >= 0.3 is 0 Å². The van der Waals surface area contributed by atoms with E-state index in [2.05, 4.69) is 20.8 Å². The van der Waals surface area contributed by atoms with Crippen molar-refractivity contribution in [2.75, 3.05) is 19.0 Å². The molecule has 3 aromatic rings. The van der Waals surface area contributed by atoms with E-state index in [1.807, 2.05) is 43.3 Å². The number of para-hydroxylation sites is 4. The number of nitrogens with zero attached hydrogens (tertiary/aromatic N) is 4. The normalized spacial score (nSPS) is 11.7. The molecule has 1 atom stereocenters. The van der Waals surface area contributed by atoms with Crippen LogP contribution in [0.4, 0.5) is 5.69 Å². The van der Waals surface area contributed by atoms with Crippen molar-refractivity contribution in [1.29, 1.82) is 0 Å². The van der Waals surface area contributed by atoms with Crippen LogP contribution in [0.25, 0.3) is 5.69 Å². The SMILES string of the molecule is CCOc1ccccc1-n1nnnc1S[C@@H](C)C(=O)Nc1ccccc1OC. The summed E-state index contributed by atoms with van der Waals surface area (Å²) in [6.07, 6.45) is 0. The molecule has 0 spiro atoms. The Bertz CT molecular complexity index is 947. The predicted octanol–water partition coefficient (Wildman–Crippen LogP) is 3.19. The fraction of sp³-hybridized carbons (Fsp3) is 0.263. The van der Waals surface area contributed by atoms with Crippen LogP contribution in [0.15, 0.2) is 53.7 Å². The number of carbonyl (C=O) groups excluding carboxylic acids is 1. The van der Waals surface area contributed by atoms with Crippen LogP contribution >= 0.6 is 11.8 Å². The summed E-state index contributed by atoms with van der Waals surface area (Å²) in [6, 6.07) is 14.7. The first-order chi connectivity index (χ1) is 13.6. The van der Waals surface area contributed by atoms with E-state index >= 15 is 0 Å². The van der Waals surface area contributed by atoms with Gasteiger partial charge in [0.25, 0.3) is 0 Å². The molecule has 28 heavy (non-hydrogen) atoms. The van der Waals surface area contributed by atoms with E-state index < -0.39 is 5.25 Å². The van der Waals surface area contributed by atoms with Crippen molar-refractivity contribution in [3.05, 3.63) is 48.5 Å². The number of ether oxygens (including phenoxy) is 2. The minimum Gasteiger partial charge on any atom is -0.495 e. The highest BCUT2D eigenvalue weighted by Gasteiger charge is 2.21. The molecule has 0 saturated heterocycles. The van der Waals surface area contributed by atoms with Gasteiger partial charge in [0.1, 0.15) is 17.2 Å². The summed E-state index contributed by atoms with van der Waals surface area (Å²) >= 11 is 1.26. The lowest BCUT2D eigenvalue weighted by Gasteiger charge is -2.14. The van der Waals surface area contributed by atoms with Gasteiger partial charge in [-0.1, -0.05) is 36.0 Å². The molecule has 0 bridgehead atoms. The lowest BCUT2D eigenvalue weighted by atomic mass is 10.3. The number of aromatic nitrogens is 4. The second-order valence-electron chi connectivity index (χ2n) is 5.72. The molecule has 0 aliphatic heterocycles. The van der Waals surface area contributed by atoms with E-state index in [-0.39, 0.29) is 5.91 Å². The summed E-state index contributed by atoms with van der Waals surface area (Å²) in [7, 11) is 1.56. The zero-order valence-electron chi connectivity index (χ0n) is 15.8. The molecule has 1 N–H and O–H groups in total. The number of thioether (sulfide) groups is 1. The quantitative estimate of drug-likeness (QED) is 0.582. The van der Waals surface area contributed by atoms with E-state index in [1.165, 1.54) is 11.8 Å². The van der Waals surface area contributed by atoms with Gasteiger partial charge in [-0.3, -0.25) is 4.79 Å². The molecule has 1 amide bonds. The van der Waals surface area contributed by atoms with E-state index in [0.29, 0.717) is 34.6 Å². The smallest absolute Gasteiger partial charge is 0.237 e. The molecule has 0 saturated carbocycles. The Morgan fingerprint density at radius 1 is 1.18 bits per heavy atom. The highest BCUT2D eigenvalue weighted by Crippen LogP contribution is 2.29. The molecule has 0 unspecified atom stereocenters. The fourth-order valence-corrected chi connectivity index (χ4v) is 3.31. The van der Waals surface area contributed by atoms with Crippen molar-refractivity contribution in [3.8, 4) is 17.2 Å². The van der Waals surface area contributed by atoms with Gasteiger partial charge in [0.15, 0.2) is 0 Å². The van der Waals surface area contributed by atoms with Crippen molar-refractivity contribution in [2.24, 2.45) is 0 Å². The molecule has 3 rings (SSSR count). The second kappa shape index (κ2) is 9.23. The van der Waals surface area contributed by atoms with Gasteiger partial charge < -0.3 is 14.8 Å². The number of nitrogens with one attached hydrogen (secondary N) is 1. The molecule has 0 aliphatic rings. The van der Waals surface area contributed by atoms with Gasteiger partial charge in [0.05, 0.1) is 24.7 Å². The summed E-state index contributed by atoms with van der Waals surface area (Å²) in [5, 5.41) is 14.8. The van der Waals surface area contributed by atoms with E-state index in [4.69, 9.17) is 9.47 Å². The number of rotatable bonds is 8. The maximum absolute atomic E-state index is 12.6. The molecule has 0 fully saturated rings. The standard InChI is InChI=1S/C19H21N5O3S/c1-4-27-17-12-8-6-10-15(17)24-19(21-22-23-24)28-13(2)18(25)20-14-9-5-7-11-16(14)26-3/h5-13H,4H2,1-3H3,(H,20,25)/t13-/m0/s1. The van der Waals surface area contributed by atoms with Crippen LogP contribution in [0, 0.1) is 0 Å². The Kier molecular flexibility index (Phi) is 6.49. The number of anilines is 1. The topological polar surface area (TPSA) is 91.2 Å². The molecule has 1 aromatic heterocycles. The zero-order chi connectivity index (χ0) is 19.9. The lowest BCUT2D eigenvalue weighted by molar-refractivity contribution is -0.115. The van der Waals surface area contributed by atoms with Crippen molar-refractivity contribution >= 4 is 23.4 Å². The summed E-state index contributed by atoms with van der Waals surface area (Å²) in [5.41, 5.74) is 1.33. The van der Waals surface area contributed by atoms with Crippen LogP contribution in [-0.2, 0) is 4.79 Å². The summed E-state index contributed by atoms with van der Waals surface area (Å²) < 4.78 is 12.5.